The van der Waals surface area contributed by atoms with Crippen molar-refractivity contribution in [2.24, 2.45) is 0 Å². The van der Waals surface area contributed by atoms with E-state index < -0.39 is 13.2 Å². The summed E-state index contributed by atoms with van der Waals surface area (Å²) in [5.41, 5.74) is 0.831. The summed E-state index contributed by atoms with van der Waals surface area (Å²) in [7, 11) is -4.09. The van der Waals surface area contributed by atoms with Crippen LogP contribution in [-0.4, -0.2) is 16.5 Å². The number of hydrogen-bond acceptors (Lipinski definition) is 3. The molecule has 0 aliphatic carbocycles. The molecule has 0 saturated carbocycles. The van der Waals surface area contributed by atoms with Crippen molar-refractivity contribution in [2.75, 3.05) is 6.61 Å². The number of hydrogen-bond donors (Lipinski definition) is 2. The summed E-state index contributed by atoms with van der Waals surface area (Å²) in [6, 6.07) is 16.6. The monoisotopic (exact) mass is 329 g/mol. The van der Waals surface area contributed by atoms with E-state index >= 15 is 0 Å². The predicted molar refractivity (Wildman–Crippen MR) is 91.1 cm³/mol. The molecule has 0 radical (unpaired) electrons. The largest absolute Gasteiger partial charge is 0.364 e. The maximum atomic E-state index is 12.2. The number of fused-ring (bicyclic) bond motifs is 1. The lowest BCUT2D eigenvalue weighted by Crippen LogP contribution is -2.28. The van der Waals surface area contributed by atoms with Crippen molar-refractivity contribution >= 4 is 23.7 Å². The number of rotatable bonds is 4. The van der Waals surface area contributed by atoms with Crippen molar-refractivity contribution in [1.29, 1.82) is 0 Å². The number of pyridine rings is 1. The van der Waals surface area contributed by atoms with Gasteiger partial charge in [0.2, 0.25) is 0 Å². The molecule has 118 valence electrons. The molecule has 1 atom stereocenters. The summed E-state index contributed by atoms with van der Waals surface area (Å²) < 4.78 is 16.8. The Bertz CT molecular complexity index is 959. The fraction of sp³-hybridized carbons (Fsp3) is 0.118. The zero-order valence-corrected chi connectivity index (χ0v) is 13.4. The SMILES string of the molecule is CCOP(=O)(O)c1ccc(-c2cccc3ccccc23)[nH]c1=O. The highest BCUT2D eigenvalue weighted by atomic mass is 31.2. The molecule has 0 saturated heterocycles. The number of benzene rings is 2. The van der Waals surface area contributed by atoms with Gasteiger partial charge in [-0.3, -0.25) is 9.36 Å². The van der Waals surface area contributed by atoms with Gasteiger partial charge in [-0.1, -0.05) is 42.5 Å². The van der Waals surface area contributed by atoms with E-state index in [0.29, 0.717) is 5.69 Å². The normalized spacial score (nSPS) is 13.8. The first kappa shape index (κ1) is 15.7. The molecule has 1 unspecified atom stereocenters. The Morgan fingerprint density at radius 1 is 1.09 bits per heavy atom. The Balaban J connectivity index is 2.14. The standard InChI is InChI=1S/C17H16NO4P/c1-2-22-23(20,21)16-11-10-15(18-17(16)19)14-9-5-7-12-6-3-4-8-13(12)14/h3-11H,2H2,1H3,(H,18,19)(H,20,21). The topological polar surface area (TPSA) is 79.4 Å². The molecule has 3 aromatic rings. The second kappa shape index (κ2) is 6.13. The lowest BCUT2D eigenvalue weighted by atomic mass is 10.0. The molecular formula is C17H16NO4P. The van der Waals surface area contributed by atoms with Gasteiger partial charge in [0, 0.05) is 11.3 Å². The number of nitrogens with one attached hydrogen (secondary N) is 1. The zero-order chi connectivity index (χ0) is 16.4. The number of H-pyrrole nitrogens is 1. The van der Waals surface area contributed by atoms with Crippen LogP contribution in [0.25, 0.3) is 22.0 Å². The Kier molecular flexibility index (Phi) is 4.18. The molecule has 0 bridgehead atoms. The van der Waals surface area contributed by atoms with Gasteiger partial charge in [0.05, 0.1) is 6.61 Å². The smallest absolute Gasteiger partial charge is 0.321 e. The fourth-order valence-corrected chi connectivity index (χ4v) is 3.61. The lowest BCUT2D eigenvalue weighted by Gasteiger charge is -2.11. The van der Waals surface area contributed by atoms with E-state index in [9.17, 15) is 14.3 Å². The molecule has 3 rings (SSSR count). The van der Waals surface area contributed by atoms with E-state index in [0.717, 1.165) is 16.3 Å². The van der Waals surface area contributed by atoms with Crippen molar-refractivity contribution in [1.82, 2.24) is 4.98 Å². The second-order valence-electron chi connectivity index (χ2n) is 5.05. The Hall–Kier alpha value is -2.20. The van der Waals surface area contributed by atoms with Crippen LogP contribution in [0.2, 0.25) is 0 Å². The van der Waals surface area contributed by atoms with Crippen LogP contribution >= 0.6 is 7.60 Å². The fourth-order valence-electron chi connectivity index (χ4n) is 2.55. The number of aromatic amines is 1. The minimum absolute atomic E-state index is 0.0539. The van der Waals surface area contributed by atoms with Gasteiger partial charge in [0.25, 0.3) is 5.56 Å². The highest BCUT2D eigenvalue weighted by Gasteiger charge is 2.25. The second-order valence-corrected chi connectivity index (χ2v) is 6.83. The van der Waals surface area contributed by atoms with Gasteiger partial charge in [0.1, 0.15) is 5.30 Å². The maximum absolute atomic E-state index is 12.2. The van der Waals surface area contributed by atoms with E-state index in [2.05, 4.69) is 4.98 Å². The molecule has 1 aromatic heterocycles. The van der Waals surface area contributed by atoms with Crippen LogP contribution < -0.4 is 10.9 Å². The zero-order valence-electron chi connectivity index (χ0n) is 12.5. The first-order chi connectivity index (χ1) is 11.0. The summed E-state index contributed by atoms with van der Waals surface area (Å²) in [6.45, 7) is 1.65. The first-order valence-corrected chi connectivity index (χ1v) is 8.80. The quantitative estimate of drug-likeness (QED) is 0.721. The van der Waals surface area contributed by atoms with E-state index in [4.69, 9.17) is 4.52 Å². The summed E-state index contributed by atoms with van der Waals surface area (Å²) in [5.74, 6) is 0. The van der Waals surface area contributed by atoms with Gasteiger partial charge in [-0.25, -0.2) is 0 Å². The Morgan fingerprint density at radius 3 is 2.57 bits per heavy atom. The predicted octanol–water partition coefficient (Wildman–Crippen LogP) is 3.04. The molecule has 0 spiro atoms. The third kappa shape index (κ3) is 2.99. The van der Waals surface area contributed by atoms with Crippen LogP contribution in [-0.2, 0) is 9.09 Å². The molecule has 23 heavy (non-hydrogen) atoms. The molecular weight excluding hydrogens is 313 g/mol. The van der Waals surface area contributed by atoms with Crippen molar-refractivity contribution in [3.8, 4) is 11.3 Å². The van der Waals surface area contributed by atoms with Crippen LogP contribution in [0.3, 0.4) is 0 Å². The molecule has 0 amide bonds. The summed E-state index contributed by atoms with van der Waals surface area (Å²) in [5, 5.41) is 1.80. The Labute approximate surface area is 133 Å². The van der Waals surface area contributed by atoms with Gasteiger partial charge in [0.15, 0.2) is 0 Å². The molecule has 0 aliphatic rings. The average Bonchev–Trinajstić information content (AvgIpc) is 2.54. The molecule has 5 nitrogen and oxygen atoms in total. The molecule has 0 aliphatic heterocycles. The Morgan fingerprint density at radius 2 is 1.83 bits per heavy atom. The van der Waals surface area contributed by atoms with E-state index in [1.807, 2.05) is 42.5 Å². The molecule has 6 heteroatoms. The molecule has 0 fully saturated rings. The molecule has 2 N–H and O–H groups in total. The van der Waals surface area contributed by atoms with Crippen LogP contribution in [0.4, 0.5) is 0 Å². The number of aromatic nitrogens is 1. The average molecular weight is 329 g/mol. The van der Waals surface area contributed by atoms with Crippen molar-refractivity contribution in [3.63, 3.8) is 0 Å². The van der Waals surface area contributed by atoms with Gasteiger partial charge >= 0.3 is 7.60 Å². The van der Waals surface area contributed by atoms with Gasteiger partial charge in [-0.05, 0) is 29.8 Å². The minimum Gasteiger partial charge on any atom is -0.321 e. The highest BCUT2D eigenvalue weighted by molar-refractivity contribution is 7.61. The van der Waals surface area contributed by atoms with Crippen LogP contribution in [0, 0.1) is 0 Å². The third-order valence-electron chi connectivity index (χ3n) is 3.58. The highest BCUT2D eigenvalue weighted by Crippen LogP contribution is 2.39. The van der Waals surface area contributed by atoms with Crippen molar-refractivity contribution in [2.45, 2.75) is 6.92 Å². The third-order valence-corrected chi connectivity index (χ3v) is 5.15. The molecule has 2 aromatic carbocycles. The van der Waals surface area contributed by atoms with Crippen LogP contribution in [0.15, 0.2) is 59.4 Å². The lowest BCUT2D eigenvalue weighted by molar-refractivity contribution is 0.284. The summed E-state index contributed by atoms with van der Waals surface area (Å²) in [4.78, 5) is 24.7. The van der Waals surface area contributed by atoms with Crippen molar-refractivity contribution in [3.05, 3.63) is 65.0 Å². The van der Waals surface area contributed by atoms with Gasteiger partial charge < -0.3 is 14.4 Å². The maximum Gasteiger partial charge on any atom is 0.364 e. The van der Waals surface area contributed by atoms with Gasteiger partial charge in [-0.2, -0.15) is 0 Å². The van der Waals surface area contributed by atoms with Gasteiger partial charge in [-0.15, -0.1) is 0 Å². The molecule has 1 heterocycles. The van der Waals surface area contributed by atoms with Crippen molar-refractivity contribution < 1.29 is 14.0 Å². The van der Waals surface area contributed by atoms with E-state index in [1.54, 1.807) is 13.0 Å². The first-order valence-electron chi connectivity index (χ1n) is 7.22. The van der Waals surface area contributed by atoms with Crippen LogP contribution in [0.1, 0.15) is 6.92 Å². The van der Waals surface area contributed by atoms with Crippen LogP contribution in [0.5, 0.6) is 0 Å². The summed E-state index contributed by atoms with van der Waals surface area (Å²) in [6.07, 6.45) is 0. The minimum atomic E-state index is -4.09. The van der Waals surface area contributed by atoms with E-state index in [1.165, 1.54) is 6.07 Å². The van der Waals surface area contributed by atoms with E-state index in [-0.39, 0.29) is 11.9 Å². The summed E-state index contributed by atoms with van der Waals surface area (Å²) >= 11 is 0.